The molecule has 0 saturated carbocycles. The van der Waals surface area contributed by atoms with E-state index >= 15 is 0 Å². The second-order valence-electron chi connectivity index (χ2n) is 1.89. The molecule has 58 valence electrons. The largest absolute Gasteiger partial charge is 0.229 e. The molecular weight excluding hydrogens is 168 g/mol. The summed E-state index contributed by atoms with van der Waals surface area (Å²) in [6, 6.07) is 0. The van der Waals surface area contributed by atoms with Crippen molar-refractivity contribution in [2.75, 3.05) is 23.5 Å². The Balaban J connectivity index is 3.32. The normalized spacial score (nSPS) is 10.8. The minimum Gasteiger partial charge on any atom is -0.229 e. The summed E-state index contributed by atoms with van der Waals surface area (Å²) in [5.41, 5.74) is 0. The van der Waals surface area contributed by atoms with E-state index in [2.05, 4.69) is 5.92 Å². The summed E-state index contributed by atoms with van der Waals surface area (Å²) in [5, 5.41) is 0. The molecule has 0 fully saturated rings. The molecule has 0 spiro atoms. The van der Waals surface area contributed by atoms with E-state index in [0.29, 0.717) is 11.5 Å². The van der Waals surface area contributed by atoms with Gasteiger partial charge in [-0.1, -0.05) is 5.92 Å². The third-order valence-corrected chi connectivity index (χ3v) is 2.85. The van der Waals surface area contributed by atoms with Gasteiger partial charge in [0.25, 0.3) is 0 Å². The van der Waals surface area contributed by atoms with Crippen molar-refractivity contribution < 1.29 is 8.42 Å². The highest BCUT2D eigenvalue weighted by Crippen LogP contribution is 1.98. The maximum atomic E-state index is 10.5. The standard InChI is InChI=1S/C6H10O2S2/c1-3-4-9-5-6-10(2,7)8/h1H,4-6H2,2H3. The van der Waals surface area contributed by atoms with Crippen molar-refractivity contribution >= 4 is 21.6 Å². The third kappa shape index (κ3) is 7.86. The van der Waals surface area contributed by atoms with Crippen LogP contribution >= 0.6 is 11.8 Å². The van der Waals surface area contributed by atoms with Crippen LogP contribution in [-0.2, 0) is 9.84 Å². The summed E-state index contributed by atoms with van der Waals surface area (Å²) < 4.78 is 21.1. The molecular formula is C6H10O2S2. The van der Waals surface area contributed by atoms with E-state index < -0.39 is 9.84 Å². The first kappa shape index (κ1) is 9.86. The Labute approximate surface area is 66.3 Å². The highest BCUT2D eigenvalue weighted by molar-refractivity contribution is 8.00. The molecule has 0 amide bonds. The van der Waals surface area contributed by atoms with Crippen LogP contribution in [0.3, 0.4) is 0 Å². The van der Waals surface area contributed by atoms with Crippen molar-refractivity contribution in [3.8, 4) is 12.3 Å². The monoisotopic (exact) mass is 178 g/mol. The van der Waals surface area contributed by atoms with Crippen LogP contribution < -0.4 is 0 Å². The Morgan fingerprint density at radius 3 is 2.60 bits per heavy atom. The zero-order valence-corrected chi connectivity index (χ0v) is 7.46. The Bertz CT molecular complexity index is 210. The lowest BCUT2D eigenvalue weighted by Crippen LogP contribution is -2.05. The molecule has 0 unspecified atom stereocenters. The number of hydrogen-bond acceptors (Lipinski definition) is 3. The van der Waals surface area contributed by atoms with Gasteiger partial charge in [-0.2, -0.15) is 0 Å². The van der Waals surface area contributed by atoms with Crippen LogP contribution in [0.4, 0.5) is 0 Å². The molecule has 0 saturated heterocycles. The van der Waals surface area contributed by atoms with Crippen molar-refractivity contribution in [2.24, 2.45) is 0 Å². The maximum absolute atomic E-state index is 10.5. The number of sulfone groups is 1. The summed E-state index contributed by atoms with van der Waals surface area (Å²) in [6.07, 6.45) is 6.18. The van der Waals surface area contributed by atoms with E-state index in [1.54, 1.807) is 0 Å². The number of thioether (sulfide) groups is 1. The van der Waals surface area contributed by atoms with Gasteiger partial charge in [-0.15, -0.1) is 18.2 Å². The minimum absolute atomic E-state index is 0.222. The first-order chi connectivity index (χ1) is 4.56. The highest BCUT2D eigenvalue weighted by atomic mass is 32.2. The van der Waals surface area contributed by atoms with Gasteiger partial charge in [0.1, 0.15) is 9.84 Å². The number of terminal acetylenes is 1. The van der Waals surface area contributed by atoms with Crippen LogP contribution in [-0.4, -0.2) is 31.9 Å². The number of hydrogen-bond donors (Lipinski definition) is 0. The van der Waals surface area contributed by atoms with E-state index in [0.717, 1.165) is 0 Å². The van der Waals surface area contributed by atoms with Crippen LogP contribution in [0.5, 0.6) is 0 Å². The molecule has 0 heterocycles. The summed E-state index contributed by atoms with van der Waals surface area (Å²) in [7, 11) is -2.79. The summed E-state index contributed by atoms with van der Waals surface area (Å²) in [5.74, 6) is 3.84. The van der Waals surface area contributed by atoms with Crippen molar-refractivity contribution in [1.82, 2.24) is 0 Å². The van der Waals surface area contributed by atoms with Gasteiger partial charge >= 0.3 is 0 Å². The van der Waals surface area contributed by atoms with Crippen molar-refractivity contribution in [1.29, 1.82) is 0 Å². The fraction of sp³-hybridized carbons (Fsp3) is 0.667. The molecule has 0 aliphatic heterocycles. The highest BCUT2D eigenvalue weighted by Gasteiger charge is 1.99. The molecule has 0 aromatic heterocycles. The third-order valence-electron chi connectivity index (χ3n) is 0.784. The van der Waals surface area contributed by atoms with Crippen LogP contribution in [0.15, 0.2) is 0 Å². The summed E-state index contributed by atoms with van der Waals surface area (Å²) in [6.45, 7) is 0. The topological polar surface area (TPSA) is 34.1 Å². The van der Waals surface area contributed by atoms with Crippen LogP contribution in [0.25, 0.3) is 0 Å². The van der Waals surface area contributed by atoms with E-state index in [4.69, 9.17) is 6.42 Å². The SMILES string of the molecule is C#CCSCCS(C)(=O)=O. The fourth-order valence-electron chi connectivity index (χ4n) is 0.341. The molecule has 2 nitrogen and oxygen atoms in total. The van der Waals surface area contributed by atoms with Crippen molar-refractivity contribution in [3.63, 3.8) is 0 Å². The van der Waals surface area contributed by atoms with Crippen molar-refractivity contribution in [2.45, 2.75) is 0 Å². The number of rotatable bonds is 4. The molecule has 0 rings (SSSR count). The molecule has 0 bridgehead atoms. The Morgan fingerprint density at radius 2 is 2.20 bits per heavy atom. The predicted molar refractivity (Wildman–Crippen MR) is 45.9 cm³/mol. The Kier molecular flexibility index (Phi) is 4.58. The molecule has 0 aliphatic rings. The molecule has 0 N–H and O–H groups in total. The zero-order chi connectivity index (χ0) is 8.04. The summed E-state index contributed by atoms with van der Waals surface area (Å²) in [4.78, 5) is 0. The quantitative estimate of drug-likeness (QED) is 0.461. The second-order valence-corrected chi connectivity index (χ2v) is 5.25. The van der Waals surface area contributed by atoms with Gasteiger partial charge in [0.2, 0.25) is 0 Å². The molecule has 4 heteroatoms. The molecule has 0 atom stereocenters. The lowest BCUT2D eigenvalue weighted by atomic mass is 10.8. The molecule has 0 aliphatic carbocycles. The first-order valence-electron chi connectivity index (χ1n) is 2.75. The van der Waals surface area contributed by atoms with Gasteiger partial charge in [0.15, 0.2) is 0 Å². The Morgan fingerprint density at radius 1 is 1.60 bits per heavy atom. The lowest BCUT2D eigenvalue weighted by molar-refractivity contribution is 0.603. The van der Waals surface area contributed by atoms with Crippen LogP contribution in [0, 0.1) is 12.3 Å². The smallest absolute Gasteiger partial charge is 0.148 e. The van der Waals surface area contributed by atoms with Crippen molar-refractivity contribution in [3.05, 3.63) is 0 Å². The van der Waals surface area contributed by atoms with Gasteiger partial charge in [-0.05, 0) is 0 Å². The lowest BCUT2D eigenvalue weighted by Gasteiger charge is -1.94. The van der Waals surface area contributed by atoms with Crippen LogP contribution in [0.1, 0.15) is 0 Å². The van der Waals surface area contributed by atoms with Gasteiger partial charge in [0.05, 0.1) is 11.5 Å². The minimum atomic E-state index is -2.79. The van der Waals surface area contributed by atoms with Gasteiger partial charge in [0, 0.05) is 12.0 Å². The molecule has 0 radical (unpaired) electrons. The fourth-order valence-corrected chi connectivity index (χ4v) is 2.29. The average Bonchev–Trinajstić information content (AvgIpc) is 1.78. The van der Waals surface area contributed by atoms with E-state index in [1.807, 2.05) is 0 Å². The first-order valence-corrected chi connectivity index (χ1v) is 5.97. The van der Waals surface area contributed by atoms with E-state index in [1.165, 1.54) is 18.0 Å². The van der Waals surface area contributed by atoms with Crippen LogP contribution in [0.2, 0.25) is 0 Å². The average molecular weight is 178 g/mol. The van der Waals surface area contributed by atoms with Gasteiger partial charge < -0.3 is 0 Å². The van der Waals surface area contributed by atoms with Gasteiger partial charge in [-0.3, -0.25) is 0 Å². The second kappa shape index (κ2) is 4.64. The molecule has 10 heavy (non-hydrogen) atoms. The zero-order valence-electron chi connectivity index (χ0n) is 5.83. The maximum Gasteiger partial charge on any atom is 0.148 e. The predicted octanol–water partition coefficient (Wildman–Crippen LogP) is 0.397. The van der Waals surface area contributed by atoms with E-state index in [-0.39, 0.29) is 5.75 Å². The van der Waals surface area contributed by atoms with Gasteiger partial charge in [-0.25, -0.2) is 8.42 Å². The Hall–Kier alpha value is -0.140. The van der Waals surface area contributed by atoms with E-state index in [9.17, 15) is 8.42 Å². The summed E-state index contributed by atoms with van der Waals surface area (Å²) >= 11 is 1.46. The molecule has 0 aromatic carbocycles. The molecule has 0 aromatic rings.